The molecule has 1 heterocycles. The van der Waals surface area contributed by atoms with E-state index in [1.54, 1.807) is 18.2 Å². The van der Waals surface area contributed by atoms with Gasteiger partial charge in [0.25, 0.3) is 5.91 Å². The third kappa shape index (κ3) is 4.13. The van der Waals surface area contributed by atoms with Crippen LogP contribution in [0.5, 0.6) is 0 Å². The molecule has 28 heavy (non-hydrogen) atoms. The van der Waals surface area contributed by atoms with E-state index in [4.69, 9.17) is 0 Å². The van der Waals surface area contributed by atoms with E-state index in [0.717, 1.165) is 24.0 Å². The molecule has 0 unspecified atom stereocenters. The Labute approximate surface area is 167 Å². The number of nitrogens with one attached hydrogen (secondary N) is 1. The molecule has 2 aromatic rings. The fourth-order valence-electron chi connectivity index (χ4n) is 3.68. The lowest BCUT2D eigenvalue weighted by Gasteiger charge is -2.19. The summed E-state index contributed by atoms with van der Waals surface area (Å²) in [5, 5.41) is 3.00. The van der Waals surface area contributed by atoms with Crippen molar-refractivity contribution in [3.63, 3.8) is 0 Å². The minimum Gasteiger partial charge on any atom is -0.346 e. The summed E-state index contributed by atoms with van der Waals surface area (Å²) in [6.07, 6.45) is 1.76. The molecule has 6 heteroatoms. The van der Waals surface area contributed by atoms with Crippen LogP contribution in [0.1, 0.15) is 58.4 Å². The molecule has 2 aromatic carbocycles. The first kappa shape index (κ1) is 20.6. The molecule has 1 N–H and O–H groups in total. The molecule has 1 aliphatic rings. The molecular formula is C22H28N2O3S. The van der Waals surface area contributed by atoms with E-state index in [-0.39, 0.29) is 16.8 Å². The molecule has 0 spiro atoms. The predicted molar refractivity (Wildman–Crippen MR) is 111 cm³/mol. The Morgan fingerprint density at radius 3 is 2.32 bits per heavy atom. The third-order valence-corrected chi connectivity index (χ3v) is 7.39. The van der Waals surface area contributed by atoms with E-state index in [9.17, 15) is 13.2 Å². The SMILES string of the molecule is Cc1cc(C)c([C@@H](C)NC(=O)c2cccc(S(=O)(=O)N3CCCC3)c2)cc1C. The van der Waals surface area contributed by atoms with Gasteiger partial charge in [-0.05, 0) is 81.0 Å². The number of hydrogen-bond donors (Lipinski definition) is 1. The van der Waals surface area contributed by atoms with Gasteiger partial charge in [0.1, 0.15) is 0 Å². The van der Waals surface area contributed by atoms with E-state index in [2.05, 4.69) is 31.3 Å². The van der Waals surface area contributed by atoms with E-state index in [1.165, 1.54) is 21.5 Å². The zero-order valence-corrected chi connectivity index (χ0v) is 17.8. The maximum Gasteiger partial charge on any atom is 0.251 e. The summed E-state index contributed by atoms with van der Waals surface area (Å²) >= 11 is 0. The van der Waals surface area contributed by atoms with Crippen LogP contribution in [0.2, 0.25) is 0 Å². The monoisotopic (exact) mass is 400 g/mol. The topological polar surface area (TPSA) is 66.5 Å². The second kappa shape index (κ2) is 8.05. The van der Waals surface area contributed by atoms with Crippen LogP contribution in [-0.4, -0.2) is 31.7 Å². The smallest absolute Gasteiger partial charge is 0.251 e. The molecular weight excluding hydrogens is 372 g/mol. The zero-order chi connectivity index (χ0) is 20.5. The van der Waals surface area contributed by atoms with Crippen molar-refractivity contribution >= 4 is 15.9 Å². The summed E-state index contributed by atoms with van der Waals surface area (Å²) < 4.78 is 27.0. The van der Waals surface area contributed by atoms with Crippen LogP contribution in [0.3, 0.4) is 0 Å². The number of aryl methyl sites for hydroxylation is 3. The average Bonchev–Trinajstić information content (AvgIpc) is 3.20. The van der Waals surface area contributed by atoms with Gasteiger partial charge in [-0.15, -0.1) is 0 Å². The number of nitrogens with zero attached hydrogens (tertiary/aromatic N) is 1. The Kier molecular flexibility index (Phi) is 5.91. The molecule has 0 aromatic heterocycles. The minimum absolute atomic E-state index is 0.175. The summed E-state index contributed by atoms with van der Waals surface area (Å²) in [6, 6.07) is 10.4. The predicted octanol–water partition coefficient (Wildman–Crippen LogP) is 3.89. The Morgan fingerprint density at radius 1 is 1.00 bits per heavy atom. The molecule has 150 valence electrons. The van der Waals surface area contributed by atoms with E-state index >= 15 is 0 Å². The number of carbonyl (C=O) groups is 1. The number of amides is 1. The van der Waals surface area contributed by atoms with E-state index in [0.29, 0.717) is 18.7 Å². The molecule has 0 radical (unpaired) electrons. The van der Waals surface area contributed by atoms with Gasteiger partial charge in [-0.2, -0.15) is 4.31 Å². The van der Waals surface area contributed by atoms with E-state index < -0.39 is 10.0 Å². The summed E-state index contributed by atoms with van der Waals surface area (Å²) in [6.45, 7) is 9.19. The van der Waals surface area contributed by atoms with Crippen molar-refractivity contribution in [3.8, 4) is 0 Å². The normalized spacial score (nSPS) is 16.1. The Balaban J connectivity index is 1.81. The van der Waals surface area contributed by atoms with Crippen molar-refractivity contribution in [1.29, 1.82) is 0 Å². The molecule has 0 aliphatic carbocycles. The van der Waals surface area contributed by atoms with Gasteiger partial charge in [0.2, 0.25) is 10.0 Å². The molecule has 0 bridgehead atoms. The number of rotatable bonds is 5. The first-order chi connectivity index (χ1) is 13.2. The maximum absolute atomic E-state index is 12.8. The van der Waals surface area contributed by atoms with Gasteiger partial charge in [-0.25, -0.2) is 8.42 Å². The fourth-order valence-corrected chi connectivity index (χ4v) is 5.25. The van der Waals surface area contributed by atoms with Crippen molar-refractivity contribution in [2.45, 2.75) is 51.5 Å². The Hall–Kier alpha value is -2.18. The molecule has 3 rings (SSSR count). The van der Waals surface area contributed by atoms with Gasteiger partial charge in [-0.1, -0.05) is 18.2 Å². The number of hydrogen-bond acceptors (Lipinski definition) is 3. The second-order valence-corrected chi connectivity index (χ2v) is 9.57. The first-order valence-corrected chi connectivity index (χ1v) is 11.1. The highest BCUT2D eigenvalue weighted by Crippen LogP contribution is 2.24. The fraction of sp³-hybridized carbons (Fsp3) is 0.409. The van der Waals surface area contributed by atoms with Gasteiger partial charge >= 0.3 is 0 Å². The van der Waals surface area contributed by atoms with Gasteiger partial charge in [-0.3, -0.25) is 4.79 Å². The lowest BCUT2D eigenvalue weighted by molar-refractivity contribution is 0.0939. The highest BCUT2D eigenvalue weighted by atomic mass is 32.2. The van der Waals surface area contributed by atoms with Crippen LogP contribution in [0.4, 0.5) is 0 Å². The van der Waals surface area contributed by atoms with E-state index in [1.807, 2.05) is 13.8 Å². The van der Waals surface area contributed by atoms with Crippen LogP contribution in [0, 0.1) is 20.8 Å². The zero-order valence-electron chi connectivity index (χ0n) is 17.0. The van der Waals surface area contributed by atoms with Gasteiger partial charge < -0.3 is 5.32 Å². The molecule has 1 atom stereocenters. The lowest BCUT2D eigenvalue weighted by atomic mass is 9.96. The molecule has 1 fully saturated rings. The molecule has 1 saturated heterocycles. The van der Waals surface area contributed by atoms with Crippen molar-refractivity contribution in [2.75, 3.05) is 13.1 Å². The number of benzene rings is 2. The average molecular weight is 401 g/mol. The molecule has 1 aliphatic heterocycles. The van der Waals surface area contributed by atoms with Crippen LogP contribution >= 0.6 is 0 Å². The van der Waals surface area contributed by atoms with Crippen molar-refractivity contribution in [2.24, 2.45) is 0 Å². The largest absolute Gasteiger partial charge is 0.346 e. The van der Waals surface area contributed by atoms with Crippen LogP contribution in [-0.2, 0) is 10.0 Å². The molecule has 0 saturated carbocycles. The highest BCUT2D eigenvalue weighted by Gasteiger charge is 2.27. The summed E-state index contributed by atoms with van der Waals surface area (Å²) in [5.74, 6) is -0.274. The Bertz CT molecular complexity index is 993. The standard InChI is InChI=1S/C22H28N2O3S/c1-15-12-17(3)21(13-16(15)2)18(4)23-22(25)19-8-7-9-20(14-19)28(26,27)24-10-5-6-11-24/h7-9,12-14,18H,5-6,10-11H2,1-4H3,(H,23,25)/t18-/m1/s1. The van der Waals surface area contributed by atoms with Gasteiger partial charge in [0.15, 0.2) is 0 Å². The van der Waals surface area contributed by atoms with Gasteiger partial charge in [0.05, 0.1) is 10.9 Å². The first-order valence-electron chi connectivity index (χ1n) is 9.69. The minimum atomic E-state index is -3.54. The van der Waals surface area contributed by atoms with Crippen LogP contribution in [0.15, 0.2) is 41.3 Å². The summed E-state index contributed by atoms with van der Waals surface area (Å²) in [4.78, 5) is 13.0. The lowest BCUT2D eigenvalue weighted by Crippen LogP contribution is -2.29. The maximum atomic E-state index is 12.8. The van der Waals surface area contributed by atoms with Crippen molar-refractivity contribution in [3.05, 3.63) is 64.2 Å². The molecule has 1 amide bonds. The number of sulfonamides is 1. The van der Waals surface area contributed by atoms with Crippen molar-refractivity contribution < 1.29 is 13.2 Å². The molecule has 5 nitrogen and oxygen atoms in total. The Morgan fingerprint density at radius 2 is 1.64 bits per heavy atom. The summed E-state index contributed by atoms with van der Waals surface area (Å²) in [5.41, 5.74) is 4.95. The van der Waals surface area contributed by atoms with Crippen LogP contribution < -0.4 is 5.32 Å². The van der Waals surface area contributed by atoms with Gasteiger partial charge in [0, 0.05) is 18.7 Å². The van der Waals surface area contributed by atoms with Crippen LogP contribution in [0.25, 0.3) is 0 Å². The third-order valence-electron chi connectivity index (χ3n) is 5.50. The second-order valence-electron chi connectivity index (χ2n) is 7.63. The number of carbonyl (C=O) groups excluding carboxylic acids is 1. The quantitative estimate of drug-likeness (QED) is 0.828. The van der Waals surface area contributed by atoms with Crippen molar-refractivity contribution in [1.82, 2.24) is 9.62 Å². The highest BCUT2D eigenvalue weighted by molar-refractivity contribution is 7.89. The summed E-state index contributed by atoms with van der Waals surface area (Å²) in [7, 11) is -3.54.